The van der Waals surface area contributed by atoms with E-state index < -0.39 is 0 Å². The highest BCUT2D eigenvalue weighted by Gasteiger charge is 2.09. The van der Waals surface area contributed by atoms with Gasteiger partial charge in [-0.25, -0.2) is 4.98 Å². The van der Waals surface area contributed by atoms with Crippen LogP contribution in [-0.2, 0) is 0 Å². The number of nitrogens with zero attached hydrogens (tertiary/aromatic N) is 3. The Morgan fingerprint density at radius 1 is 0.955 bits per heavy atom. The molecule has 1 N–H and O–H groups in total. The second-order valence-electron chi connectivity index (χ2n) is 4.37. The van der Waals surface area contributed by atoms with Gasteiger partial charge in [-0.3, -0.25) is 14.8 Å². The molecule has 108 valence electrons. The lowest BCUT2D eigenvalue weighted by Gasteiger charge is -2.07. The molecule has 0 saturated heterocycles. The molecule has 0 aliphatic carbocycles. The van der Waals surface area contributed by atoms with Crippen LogP contribution in [0.1, 0.15) is 10.4 Å². The molecule has 0 unspecified atom stereocenters. The Bertz CT molecular complexity index is 763. The fraction of sp³-hybridized carbons (Fsp3) is 0. The predicted octanol–water partition coefficient (Wildman–Crippen LogP) is 2.92. The Morgan fingerprint density at radius 2 is 1.86 bits per heavy atom. The third-order valence-electron chi connectivity index (χ3n) is 2.75. The van der Waals surface area contributed by atoms with Crippen molar-refractivity contribution in [3.05, 3.63) is 72.9 Å². The summed E-state index contributed by atoms with van der Waals surface area (Å²) in [6.45, 7) is 0. The van der Waals surface area contributed by atoms with Gasteiger partial charge < -0.3 is 10.1 Å². The van der Waals surface area contributed by atoms with E-state index in [1.807, 2.05) is 0 Å². The van der Waals surface area contributed by atoms with Gasteiger partial charge in [-0.1, -0.05) is 6.07 Å². The number of rotatable bonds is 4. The van der Waals surface area contributed by atoms with Crippen LogP contribution < -0.4 is 10.1 Å². The van der Waals surface area contributed by atoms with Gasteiger partial charge in [-0.15, -0.1) is 0 Å². The lowest BCUT2D eigenvalue weighted by Crippen LogP contribution is -2.13. The number of anilines is 1. The van der Waals surface area contributed by atoms with E-state index in [1.54, 1.807) is 55.0 Å². The van der Waals surface area contributed by atoms with Crippen molar-refractivity contribution in [1.29, 1.82) is 0 Å². The molecule has 0 radical (unpaired) electrons. The number of hydrogen-bond donors (Lipinski definition) is 1. The number of aromatic nitrogens is 3. The van der Waals surface area contributed by atoms with Crippen molar-refractivity contribution in [2.75, 3.05) is 5.32 Å². The first-order chi connectivity index (χ1) is 10.8. The number of carbonyl (C=O) groups excluding carboxylic acids is 1. The second kappa shape index (κ2) is 6.45. The number of pyridine rings is 3. The smallest absolute Gasteiger partial charge is 0.258 e. The Hall–Kier alpha value is -3.28. The summed E-state index contributed by atoms with van der Waals surface area (Å²) >= 11 is 0. The van der Waals surface area contributed by atoms with E-state index in [1.165, 1.54) is 12.4 Å². The fourth-order valence-corrected chi connectivity index (χ4v) is 1.77. The summed E-state index contributed by atoms with van der Waals surface area (Å²) in [7, 11) is 0. The Labute approximate surface area is 126 Å². The van der Waals surface area contributed by atoms with Gasteiger partial charge in [0.05, 0.1) is 18.0 Å². The molecule has 0 spiro atoms. The van der Waals surface area contributed by atoms with Crippen LogP contribution in [0.15, 0.2) is 67.4 Å². The van der Waals surface area contributed by atoms with Crippen molar-refractivity contribution in [3.8, 4) is 11.5 Å². The van der Waals surface area contributed by atoms with E-state index in [4.69, 9.17) is 4.74 Å². The minimum Gasteiger partial charge on any atom is -0.454 e. The van der Waals surface area contributed by atoms with Crippen molar-refractivity contribution in [1.82, 2.24) is 15.0 Å². The number of ether oxygens (including phenoxy) is 1. The lowest BCUT2D eigenvalue weighted by atomic mass is 10.2. The van der Waals surface area contributed by atoms with Crippen molar-refractivity contribution in [2.45, 2.75) is 0 Å². The highest BCUT2D eigenvalue weighted by atomic mass is 16.5. The zero-order chi connectivity index (χ0) is 15.2. The number of nitrogens with one attached hydrogen (secondary N) is 1. The highest BCUT2D eigenvalue weighted by Crippen LogP contribution is 2.20. The molecule has 6 heteroatoms. The molecule has 0 aliphatic rings. The predicted molar refractivity (Wildman–Crippen MR) is 80.7 cm³/mol. The molecule has 0 bridgehead atoms. The van der Waals surface area contributed by atoms with E-state index in [2.05, 4.69) is 20.3 Å². The van der Waals surface area contributed by atoms with Gasteiger partial charge in [-0.2, -0.15) is 0 Å². The summed E-state index contributed by atoms with van der Waals surface area (Å²) in [4.78, 5) is 24.2. The quantitative estimate of drug-likeness (QED) is 0.800. The standard InChI is InChI=1S/C16H12N4O2/c21-16(20-15-5-1-2-7-19-15)12-8-14(11-18-9-12)22-13-4-3-6-17-10-13/h1-11H,(H,19,20,21). The molecule has 6 nitrogen and oxygen atoms in total. The van der Waals surface area contributed by atoms with Crippen molar-refractivity contribution in [2.24, 2.45) is 0 Å². The first-order valence-corrected chi connectivity index (χ1v) is 6.56. The zero-order valence-electron chi connectivity index (χ0n) is 11.5. The number of carbonyl (C=O) groups is 1. The maximum atomic E-state index is 12.2. The van der Waals surface area contributed by atoms with Crippen LogP contribution in [0.3, 0.4) is 0 Å². The molecule has 22 heavy (non-hydrogen) atoms. The number of hydrogen-bond acceptors (Lipinski definition) is 5. The number of amides is 1. The second-order valence-corrected chi connectivity index (χ2v) is 4.37. The SMILES string of the molecule is O=C(Nc1ccccn1)c1cncc(Oc2cccnc2)c1. The van der Waals surface area contributed by atoms with Crippen LogP contribution in [-0.4, -0.2) is 20.9 Å². The van der Waals surface area contributed by atoms with Crippen molar-refractivity contribution >= 4 is 11.7 Å². The summed E-state index contributed by atoms with van der Waals surface area (Å²) < 4.78 is 5.60. The summed E-state index contributed by atoms with van der Waals surface area (Å²) in [5, 5.41) is 2.69. The van der Waals surface area contributed by atoms with Crippen molar-refractivity contribution < 1.29 is 9.53 Å². The van der Waals surface area contributed by atoms with E-state index in [0.29, 0.717) is 22.9 Å². The van der Waals surface area contributed by atoms with Crippen LogP contribution in [0.25, 0.3) is 0 Å². The molecule has 0 saturated carbocycles. The topological polar surface area (TPSA) is 77.0 Å². The van der Waals surface area contributed by atoms with Crippen LogP contribution in [0, 0.1) is 0 Å². The van der Waals surface area contributed by atoms with E-state index in [9.17, 15) is 4.79 Å². The molecule has 1 amide bonds. The van der Waals surface area contributed by atoms with Gasteiger partial charge >= 0.3 is 0 Å². The summed E-state index contributed by atoms with van der Waals surface area (Å²) in [5.74, 6) is 1.21. The Balaban J connectivity index is 1.75. The largest absolute Gasteiger partial charge is 0.454 e. The molecule has 3 rings (SSSR count). The molecule has 0 aromatic carbocycles. The van der Waals surface area contributed by atoms with E-state index in [0.717, 1.165) is 0 Å². The molecule has 3 aromatic heterocycles. The molecule has 3 aromatic rings. The fourth-order valence-electron chi connectivity index (χ4n) is 1.77. The van der Waals surface area contributed by atoms with Gasteiger partial charge in [0.2, 0.25) is 0 Å². The van der Waals surface area contributed by atoms with Crippen molar-refractivity contribution in [3.63, 3.8) is 0 Å². The van der Waals surface area contributed by atoms with Crippen LogP contribution >= 0.6 is 0 Å². The van der Waals surface area contributed by atoms with Crippen LogP contribution in [0.4, 0.5) is 5.82 Å². The minimum atomic E-state index is -0.303. The minimum absolute atomic E-state index is 0.303. The molecule has 3 heterocycles. The van der Waals surface area contributed by atoms with E-state index >= 15 is 0 Å². The van der Waals surface area contributed by atoms with Crippen LogP contribution in [0.2, 0.25) is 0 Å². The van der Waals surface area contributed by atoms with Gasteiger partial charge in [0.15, 0.2) is 0 Å². The average molecular weight is 292 g/mol. The molecule has 0 aliphatic heterocycles. The van der Waals surface area contributed by atoms with Gasteiger partial charge in [0.25, 0.3) is 5.91 Å². The third-order valence-corrected chi connectivity index (χ3v) is 2.75. The summed E-state index contributed by atoms with van der Waals surface area (Å²) in [6.07, 6.45) is 7.84. The Kier molecular flexibility index (Phi) is 4.01. The molecular weight excluding hydrogens is 280 g/mol. The Morgan fingerprint density at radius 3 is 2.64 bits per heavy atom. The monoisotopic (exact) mass is 292 g/mol. The maximum absolute atomic E-state index is 12.2. The summed E-state index contributed by atoms with van der Waals surface area (Å²) in [5.41, 5.74) is 0.382. The van der Waals surface area contributed by atoms with Gasteiger partial charge in [-0.05, 0) is 30.3 Å². The van der Waals surface area contributed by atoms with Crippen LogP contribution in [0.5, 0.6) is 11.5 Å². The normalized spacial score (nSPS) is 10.0. The molecule has 0 atom stereocenters. The van der Waals surface area contributed by atoms with Gasteiger partial charge in [0, 0.05) is 18.6 Å². The summed E-state index contributed by atoms with van der Waals surface area (Å²) in [6, 6.07) is 10.4. The highest BCUT2D eigenvalue weighted by molar-refractivity contribution is 6.03. The maximum Gasteiger partial charge on any atom is 0.258 e. The van der Waals surface area contributed by atoms with Gasteiger partial charge in [0.1, 0.15) is 17.3 Å². The first-order valence-electron chi connectivity index (χ1n) is 6.56. The lowest BCUT2D eigenvalue weighted by molar-refractivity contribution is 0.102. The zero-order valence-corrected chi connectivity index (χ0v) is 11.5. The molecule has 0 fully saturated rings. The first kappa shape index (κ1) is 13.7. The van der Waals surface area contributed by atoms with E-state index in [-0.39, 0.29) is 5.91 Å². The third kappa shape index (κ3) is 3.43. The molecular formula is C16H12N4O2. The average Bonchev–Trinajstić information content (AvgIpc) is 2.57.